The molecule has 0 bridgehead atoms. The number of benzene rings is 2. The molecule has 0 saturated carbocycles. The fraction of sp³-hybridized carbons (Fsp3) is 0.316. The maximum absolute atomic E-state index is 13.8. The number of methoxy groups -OCH3 is 1. The van der Waals surface area contributed by atoms with Crippen LogP contribution in [0.2, 0.25) is 0 Å². The first-order valence-electron chi connectivity index (χ1n) is 8.02. The van der Waals surface area contributed by atoms with E-state index in [1.165, 1.54) is 6.07 Å². The van der Waals surface area contributed by atoms with Crippen molar-refractivity contribution in [2.24, 2.45) is 0 Å². The van der Waals surface area contributed by atoms with Crippen LogP contribution in [0.1, 0.15) is 27.5 Å². The van der Waals surface area contributed by atoms with Gasteiger partial charge in [-0.25, -0.2) is 4.39 Å². The molecule has 25 heavy (non-hydrogen) atoms. The minimum atomic E-state index is -0.357. The molecule has 4 nitrogen and oxygen atoms in total. The molecular weight excluding hydrogens is 343 g/mol. The lowest BCUT2D eigenvalue weighted by Gasteiger charge is -2.37. The number of ether oxygens (including phenoxy) is 1. The van der Waals surface area contributed by atoms with Gasteiger partial charge in [-0.1, -0.05) is 24.3 Å². The van der Waals surface area contributed by atoms with E-state index in [0.29, 0.717) is 30.8 Å². The fourth-order valence-electron chi connectivity index (χ4n) is 3.06. The van der Waals surface area contributed by atoms with Crippen LogP contribution in [0.15, 0.2) is 42.5 Å². The van der Waals surface area contributed by atoms with Crippen LogP contribution in [0, 0.1) is 12.7 Å². The smallest absolute Gasteiger partial charge is 0.254 e. The minimum absolute atomic E-state index is 0. The zero-order chi connectivity index (χ0) is 17.1. The highest BCUT2D eigenvalue weighted by atomic mass is 35.5. The van der Waals surface area contributed by atoms with E-state index >= 15 is 0 Å². The van der Waals surface area contributed by atoms with Crippen LogP contribution in [-0.2, 0) is 0 Å². The Labute approximate surface area is 153 Å². The van der Waals surface area contributed by atoms with Crippen molar-refractivity contribution < 1.29 is 13.9 Å². The number of hydrogen-bond acceptors (Lipinski definition) is 3. The largest absolute Gasteiger partial charge is 0.496 e. The number of nitrogens with one attached hydrogen (secondary N) is 1. The van der Waals surface area contributed by atoms with Crippen molar-refractivity contribution in [3.05, 3.63) is 65.0 Å². The highest BCUT2D eigenvalue weighted by Crippen LogP contribution is 2.31. The zero-order valence-electron chi connectivity index (χ0n) is 14.3. The van der Waals surface area contributed by atoms with Crippen molar-refractivity contribution in [3.8, 4) is 5.75 Å². The second-order valence-electron chi connectivity index (χ2n) is 5.92. The number of aryl methyl sites for hydroxylation is 1. The van der Waals surface area contributed by atoms with Gasteiger partial charge in [0, 0.05) is 30.8 Å². The van der Waals surface area contributed by atoms with Crippen molar-refractivity contribution in [2.75, 3.05) is 26.7 Å². The summed E-state index contributed by atoms with van der Waals surface area (Å²) >= 11 is 0. The third-order valence-electron chi connectivity index (χ3n) is 4.42. The number of para-hydroxylation sites is 1. The predicted octanol–water partition coefficient (Wildman–Crippen LogP) is 3.35. The summed E-state index contributed by atoms with van der Waals surface area (Å²) in [6.07, 6.45) is 0. The van der Waals surface area contributed by atoms with Crippen LogP contribution in [0.4, 0.5) is 4.39 Å². The molecule has 1 amide bonds. The van der Waals surface area contributed by atoms with Crippen LogP contribution < -0.4 is 10.1 Å². The summed E-state index contributed by atoms with van der Waals surface area (Å²) in [5, 5.41) is 3.32. The lowest BCUT2D eigenvalue weighted by atomic mass is 10.0. The van der Waals surface area contributed by atoms with Crippen molar-refractivity contribution in [3.63, 3.8) is 0 Å². The van der Waals surface area contributed by atoms with Crippen LogP contribution in [0.5, 0.6) is 5.75 Å². The van der Waals surface area contributed by atoms with E-state index in [9.17, 15) is 9.18 Å². The predicted molar refractivity (Wildman–Crippen MR) is 98.0 cm³/mol. The molecule has 1 aliphatic rings. The number of hydrogen-bond donors (Lipinski definition) is 1. The Bertz CT molecular complexity index is 754. The molecule has 0 aromatic heterocycles. The lowest BCUT2D eigenvalue weighted by molar-refractivity contribution is 0.0631. The SMILES string of the molecule is COc1ccccc1C1CNCCN1C(=O)c1ccc(C)c(F)c1.Cl. The van der Waals surface area contributed by atoms with Crippen molar-refractivity contribution >= 4 is 18.3 Å². The molecule has 0 radical (unpaired) electrons. The number of piperazine rings is 1. The Morgan fingerprint density at radius 3 is 2.76 bits per heavy atom. The summed E-state index contributed by atoms with van der Waals surface area (Å²) in [7, 11) is 1.62. The summed E-state index contributed by atoms with van der Waals surface area (Å²) in [4.78, 5) is 14.7. The summed E-state index contributed by atoms with van der Waals surface area (Å²) in [6, 6.07) is 12.2. The summed E-state index contributed by atoms with van der Waals surface area (Å²) in [5.74, 6) is 0.232. The van der Waals surface area contributed by atoms with Gasteiger partial charge in [0.25, 0.3) is 5.91 Å². The van der Waals surface area contributed by atoms with Crippen LogP contribution in [0.25, 0.3) is 0 Å². The maximum atomic E-state index is 13.8. The van der Waals surface area contributed by atoms with E-state index in [1.54, 1.807) is 31.1 Å². The minimum Gasteiger partial charge on any atom is -0.496 e. The van der Waals surface area contributed by atoms with Gasteiger partial charge in [0.15, 0.2) is 0 Å². The normalized spacial score (nSPS) is 16.9. The summed E-state index contributed by atoms with van der Waals surface area (Å²) in [5.41, 5.74) is 1.86. The number of amides is 1. The van der Waals surface area contributed by atoms with Gasteiger partial charge in [0.1, 0.15) is 11.6 Å². The van der Waals surface area contributed by atoms with Crippen LogP contribution in [-0.4, -0.2) is 37.6 Å². The van der Waals surface area contributed by atoms with Crippen LogP contribution >= 0.6 is 12.4 Å². The topological polar surface area (TPSA) is 41.6 Å². The fourth-order valence-corrected chi connectivity index (χ4v) is 3.06. The molecule has 0 aliphatic carbocycles. The molecule has 1 fully saturated rings. The molecule has 1 heterocycles. The van der Waals surface area contributed by atoms with Crippen molar-refractivity contribution in [1.82, 2.24) is 10.2 Å². The lowest BCUT2D eigenvalue weighted by Crippen LogP contribution is -2.48. The van der Waals surface area contributed by atoms with Gasteiger partial charge >= 0.3 is 0 Å². The first-order chi connectivity index (χ1) is 11.6. The molecule has 134 valence electrons. The molecule has 1 aliphatic heterocycles. The Kier molecular flexibility index (Phi) is 6.39. The number of carbonyl (C=O) groups is 1. The van der Waals surface area contributed by atoms with E-state index < -0.39 is 0 Å². The Morgan fingerprint density at radius 2 is 2.04 bits per heavy atom. The zero-order valence-corrected chi connectivity index (χ0v) is 15.1. The maximum Gasteiger partial charge on any atom is 0.254 e. The summed E-state index contributed by atoms with van der Waals surface area (Å²) < 4.78 is 19.3. The molecule has 2 aromatic carbocycles. The molecule has 1 atom stereocenters. The van der Waals surface area contributed by atoms with Gasteiger partial charge in [-0.05, 0) is 30.7 Å². The second kappa shape index (κ2) is 8.32. The number of carbonyl (C=O) groups excluding carboxylic acids is 1. The van der Waals surface area contributed by atoms with E-state index in [4.69, 9.17) is 4.74 Å². The molecule has 2 aromatic rings. The molecule has 6 heteroatoms. The van der Waals surface area contributed by atoms with Gasteiger partial charge in [-0.3, -0.25) is 4.79 Å². The van der Waals surface area contributed by atoms with E-state index in [2.05, 4.69) is 5.32 Å². The molecule has 0 spiro atoms. The third-order valence-corrected chi connectivity index (χ3v) is 4.42. The average Bonchev–Trinajstić information content (AvgIpc) is 2.63. The summed E-state index contributed by atoms with van der Waals surface area (Å²) in [6.45, 7) is 3.61. The monoisotopic (exact) mass is 364 g/mol. The highest BCUT2D eigenvalue weighted by Gasteiger charge is 2.30. The standard InChI is InChI=1S/C19H21FN2O2.ClH/c1-13-7-8-14(11-16(13)20)19(23)22-10-9-21-12-17(22)15-5-3-4-6-18(15)24-2;/h3-8,11,17,21H,9-10,12H2,1-2H3;1H. The van der Waals surface area contributed by atoms with E-state index in [1.807, 2.05) is 24.3 Å². The Hall–Kier alpha value is -2.11. The average molecular weight is 365 g/mol. The first-order valence-corrected chi connectivity index (χ1v) is 8.02. The van der Waals surface area contributed by atoms with Gasteiger partial charge in [-0.2, -0.15) is 0 Å². The highest BCUT2D eigenvalue weighted by molar-refractivity contribution is 5.94. The van der Waals surface area contributed by atoms with Gasteiger partial charge in [0.2, 0.25) is 0 Å². The van der Waals surface area contributed by atoms with E-state index in [-0.39, 0.29) is 30.2 Å². The van der Waals surface area contributed by atoms with Crippen molar-refractivity contribution in [1.29, 1.82) is 0 Å². The molecule has 1 unspecified atom stereocenters. The quantitative estimate of drug-likeness (QED) is 0.908. The van der Waals surface area contributed by atoms with Gasteiger partial charge < -0.3 is 15.0 Å². The number of rotatable bonds is 3. The molecular formula is C19H22ClFN2O2. The van der Waals surface area contributed by atoms with Crippen molar-refractivity contribution in [2.45, 2.75) is 13.0 Å². The molecule has 1 N–H and O–H groups in total. The molecule has 1 saturated heterocycles. The van der Waals surface area contributed by atoms with Gasteiger partial charge in [-0.15, -0.1) is 12.4 Å². The Balaban J connectivity index is 0.00000225. The van der Waals surface area contributed by atoms with E-state index in [0.717, 1.165) is 11.3 Å². The number of nitrogens with zero attached hydrogens (tertiary/aromatic N) is 1. The first kappa shape index (κ1) is 19.2. The number of halogens is 2. The molecule has 3 rings (SSSR count). The van der Waals surface area contributed by atoms with Crippen LogP contribution in [0.3, 0.4) is 0 Å². The Morgan fingerprint density at radius 1 is 1.28 bits per heavy atom. The van der Waals surface area contributed by atoms with Gasteiger partial charge in [0.05, 0.1) is 13.2 Å². The third kappa shape index (κ3) is 3.94. The second-order valence-corrected chi connectivity index (χ2v) is 5.92.